The minimum absolute atomic E-state index is 0.0120. The van der Waals surface area contributed by atoms with Gasteiger partial charge in [-0.25, -0.2) is 0 Å². The quantitative estimate of drug-likeness (QED) is 0.0919. The first-order valence-electron chi connectivity index (χ1n) is 16.1. The van der Waals surface area contributed by atoms with Gasteiger partial charge in [-0.2, -0.15) is 0 Å². The molecule has 266 valence electrons. The van der Waals surface area contributed by atoms with Crippen molar-refractivity contribution in [2.24, 2.45) is 0 Å². The van der Waals surface area contributed by atoms with E-state index in [2.05, 4.69) is 0 Å². The third-order valence-corrected chi connectivity index (χ3v) is 9.09. The van der Waals surface area contributed by atoms with Crippen LogP contribution >= 0.6 is 24.4 Å². The number of amides is 4. The SMILES string of the molecule is O=C1C(=Cc2cc(O)cc(O)c2)C(=O)N(c2ccccc2N2C(=O)C(=Cc3cc(O)cc(O)c3)C(=O)N(c3ccccc3)C2=S)C(=S)N1c1ccccc1. The summed E-state index contributed by atoms with van der Waals surface area (Å²) in [5.74, 6) is -4.63. The number of phenols is 4. The number of phenolic OH excluding ortho intramolecular Hbond substituents is 4. The van der Waals surface area contributed by atoms with Crippen molar-refractivity contribution in [2.45, 2.75) is 0 Å². The molecule has 0 unspecified atom stereocenters. The van der Waals surface area contributed by atoms with Crippen molar-refractivity contribution < 1.29 is 39.6 Å². The molecule has 5 aromatic rings. The standard InChI is InChI=1S/C40H26N4O8S2/c45-27-15-23(16-28(46)21-27)19-31-35(49)41(25-9-3-1-4-10-25)39(53)43(37(31)51)33-13-7-8-14-34(33)44-38(52)32(20-24-17-29(47)22-30(48)18-24)36(50)42(40(44)54)26-11-5-2-6-12-26/h1-22,45-48H. The lowest BCUT2D eigenvalue weighted by Crippen LogP contribution is -2.59. The van der Waals surface area contributed by atoms with E-state index in [0.717, 1.165) is 31.7 Å². The second-order valence-corrected chi connectivity index (χ2v) is 12.7. The van der Waals surface area contributed by atoms with Crippen LogP contribution < -0.4 is 19.6 Å². The molecule has 7 rings (SSSR count). The Bertz CT molecular complexity index is 2270. The number of nitrogens with zero attached hydrogens (tertiary/aromatic N) is 4. The molecule has 2 saturated heterocycles. The number of aromatic hydroxyl groups is 4. The van der Waals surface area contributed by atoms with Crippen LogP contribution in [0.5, 0.6) is 23.0 Å². The van der Waals surface area contributed by atoms with Gasteiger partial charge >= 0.3 is 0 Å². The van der Waals surface area contributed by atoms with Crippen LogP contribution in [0.25, 0.3) is 12.2 Å². The molecule has 54 heavy (non-hydrogen) atoms. The van der Waals surface area contributed by atoms with E-state index in [-0.39, 0.29) is 55.7 Å². The summed E-state index contributed by atoms with van der Waals surface area (Å²) in [4.78, 5) is 61.7. The van der Waals surface area contributed by atoms with Gasteiger partial charge in [0, 0.05) is 12.1 Å². The third-order valence-electron chi connectivity index (χ3n) is 8.36. The fourth-order valence-electron chi connectivity index (χ4n) is 6.07. The Hall–Kier alpha value is -7.16. The number of carbonyl (C=O) groups excluding carboxylic acids is 4. The topological polar surface area (TPSA) is 162 Å². The number of rotatable bonds is 6. The fourth-order valence-corrected chi connectivity index (χ4v) is 6.81. The molecule has 4 amide bonds. The van der Waals surface area contributed by atoms with Crippen LogP contribution in [0.4, 0.5) is 22.7 Å². The predicted molar refractivity (Wildman–Crippen MR) is 210 cm³/mol. The zero-order valence-electron chi connectivity index (χ0n) is 27.7. The van der Waals surface area contributed by atoms with Crippen LogP contribution in [0.2, 0.25) is 0 Å². The first kappa shape index (κ1) is 35.3. The summed E-state index contributed by atoms with van der Waals surface area (Å²) in [7, 11) is 0. The molecular weight excluding hydrogens is 729 g/mol. The van der Waals surface area contributed by atoms with Gasteiger partial charge in [0.25, 0.3) is 23.6 Å². The zero-order chi connectivity index (χ0) is 38.3. The second-order valence-electron chi connectivity index (χ2n) is 12.0. The van der Waals surface area contributed by atoms with E-state index >= 15 is 0 Å². The molecule has 2 heterocycles. The molecule has 4 N–H and O–H groups in total. The first-order valence-corrected chi connectivity index (χ1v) is 16.9. The molecule has 2 aliphatic rings. The Balaban J connectivity index is 1.42. The van der Waals surface area contributed by atoms with E-state index in [1.165, 1.54) is 48.6 Å². The highest BCUT2D eigenvalue weighted by Crippen LogP contribution is 2.39. The smallest absolute Gasteiger partial charge is 0.270 e. The number of carbonyl (C=O) groups is 4. The van der Waals surface area contributed by atoms with Crippen molar-refractivity contribution in [2.75, 3.05) is 19.6 Å². The minimum Gasteiger partial charge on any atom is -0.508 e. The summed E-state index contributed by atoms with van der Waals surface area (Å²) < 4.78 is 0. The lowest BCUT2D eigenvalue weighted by Gasteiger charge is -2.40. The Labute approximate surface area is 317 Å². The molecule has 12 nitrogen and oxygen atoms in total. The molecule has 0 aromatic heterocycles. The summed E-state index contributed by atoms with van der Waals surface area (Å²) in [5.41, 5.74) is 0.131. The van der Waals surface area contributed by atoms with Gasteiger partial charge in [-0.05, 0) is 108 Å². The Kier molecular flexibility index (Phi) is 9.21. The van der Waals surface area contributed by atoms with Crippen molar-refractivity contribution in [3.63, 3.8) is 0 Å². The van der Waals surface area contributed by atoms with Gasteiger partial charge in [-0.15, -0.1) is 0 Å². The van der Waals surface area contributed by atoms with Crippen LogP contribution in [0.3, 0.4) is 0 Å². The van der Waals surface area contributed by atoms with Crippen molar-refractivity contribution in [3.05, 3.63) is 144 Å². The number of hydrogen-bond donors (Lipinski definition) is 4. The zero-order valence-corrected chi connectivity index (χ0v) is 29.4. The molecular formula is C40H26N4O8S2. The van der Waals surface area contributed by atoms with Crippen LogP contribution in [-0.2, 0) is 19.2 Å². The van der Waals surface area contributed by atoms with Gasteiger partial charge in [0.2, 0.25) is 0 Å². The van der Waals surface area contributed by atoms with Gasteiger partial charge in [-0.3, -0.25) is 38.8 Å². The van der Waals surface area contributed by atoms with Gasteiger partial charge < -0.3 is 20.4 Å². The third kappa shape index (κ3) is 6.42. The maximum absolute atomic E-state index is 14.5. The van der Waals surface area contributed by atoms with E-state index in [9.17, 15) is 39.6 Å². The summed E-state index contributed by atoms with van der Waals surface area (Å²) in [6.45, 7) is 0. The maximum Gasteiger partial charge on any atom is 0.270 e. The van der Waals surface area contributed by atoms with E-state index in [1.54, 1.807) is 72.8 Å². The van der Waals surface area contributed by atoms with Crippen molar-refractivity contribution in [1.82, 2.24) is 0 Å². The van der Waals surface area contributed by atoms with Gasteiger partial charge in [0.1, 0.15) is 34.1 Å². The largest absolute Gasteiger partial charge is 0.508 e. The van der Waals surface area contributed by atoms with Crippen LogP contribution in [0.15, 0.2) is 132 Å². The fraction of sp³-hybridized carbons (Fsp3) is 0. The molecule has 0 bridgehead atoms. The Morgan fingerprint density at radius 1 is 0.407 bits per heavy atom. The summed E-state index contributed by atoms with van der Waals surface area (Å²) in [6.07, 6.45) is 2.41. The number of thiocarbonyl (C=S) groups is 2. The van der Waals surface area contributed by atoms with Gasteiger partial charge in [-0.1, -0.05) is 48.5 Å². The van der Waals surface area contributed by atoms with Crippen molar-refractivity contribution in [1.29, 1.82) is 0 Å². The lowest BCUT2D eigenvalue weighted by molar-refractivity contribution is -0.122. The van der Waals surface area contributed by atoms with Crippen LogP contribution in [0, 0.1) is 0 Å². The molecule has 0 aliphatic carbocycles. The molecule has 0 radical (unpaired) electrons. The molecule has 0 spiro atoms. The molecule has 0 saturated carbocycles. The Morgan fingerprint density at radius 3 is 1.04 bits per heavy atom. The predicted octanol–water partition coefficient (Wildman–Crippen LogP) is 6.01. The number of benzene rings is 5. The highest BCUT2D eigenvalue weighted by molar-refractivity contribution is 7.81. The number of para-hydroxylation sites is 4. The Morgan fingerprint density at radius 2 is 0.704 bits per heavy atom. The molecule has 14 heteroatoms. The number of hydrogen-bond acceptors (Lipinski definition) is 10. The molecule has 2 aliphatic heterocycles. The lowest BCUT2D eigenvalue weighted by atomic mass is 10.0. The highest BCUT2D eigenvalue weighted by Gasteiger charge is 2.46. The second kappa shape index (κ2) is 14.1. The first-order chi connectivity index (χ1) is 25.9. The summed E-state index contributed by atoms with van der Waals surface area (Å²) in [6, 6.07) is 30.0. The maximum atomic E-state index is 14.5. The van der Waals surface area contributed by atoms with Crippen LogP contribution in [-0.4, -0.2) is 54.3 Å². The minimum atomic E-state index is -0.898. The highest BCUT2D eigenvalue weighted by atomic mass is 32.1. The monoisotopic (exact) mass is 754 g/mol. The average molecular weight is 755 g/mol. The average Bonchev–Trinajstić information content (AvgIpc) is 3.13. The summed E-state index contributed by atoms with van der Waals surface area (Å²) >= 11 is 11.7. The van der Waals surface area contributed by atoms with E-state index in [1.807, 2.05) is 0 Å². The molecule has 2 fully saturated rings. The van der Waals surface area contributed by atoms with Crippen LogP contribution in [0.1, 0.15) is 11.1 Å². The normalized spacial score (nSPS) is 16.6. The van der Waals surface area contributed by atoms with E-state index < -0.39 is 34.8 Å². The van der Waals surface area contributed by atoms with Gasteiger partial charge in [0.15, 0.2) is 10.2 Å². The van der Waals surface area contributed by atoms with Gasteiger partial charge in [0.05, 0.1) is 22.7 Å². The van der Waals surface area contributed by atoms with E-state index in [0.29, 0.717) is 11.4 Å². The number of anilines is 4. The van der Waals surface area contributed by atoms with Crippen molar-refractivity contribution >= 4 is 93.2 Å². The molecule has 5 aromatic carbocycles. The summed E-state index contributed by atoms with van der Waals surface area (Å²) in [5, 5.41) is 40.0. The molecule has 0 atom stereocenters. The van der Waals surface area contributed by atoms with E-state index in [4.69, 9.17) is 24.4 Å². The van der Waals surface area contributed by atoms with Crippen molar-refractivity contribution in [3.8, 4) is 23.0 Å².